The van der Waals surface area contributed by atoms with Gasteiger partial charge in [-0.25, -0.2) is 8.42 Å². The molecule has 6 nitrogen and oxygen atoms in total. The van der Waals surface area contributed by atoms with Crippen LogP contribution in [0.1, 0.15) is 5.56 Å². The van der Waals surface area contributed by atoms with Crippen LogP contribution in [0.4, 0.5) is 0 Å². The second kappa shape index (κ2) is 5.18. The van der Waals surface area contributed by atoms with Crippen LogP contribution in [-0.4, -0.2) is 45.4 Å². The van der Waals surface area contributed by atoms with Crippen LogP contribution in [0.25, 0.3) is 0 Å². The first-order valence-corrected chi connectivity index (χ1v) is 7.30. The van der Waals surface area contributed by atoms with Gasteiger partial charge >= 0.3 is 0 Å². The van der Waals surface area contributed by atoms with Crippen molar-refractivity contribution >= 4 is 15.9 Å². The van der Waals surface area contributed by atoms with E-state index in [0.29, 0.717) is 6.54 Å². The molecule has 1 saturated heterocycles. The average molecular weight is 284 g/mol. The summed E-state index contributed by atoms with van der Waals surface area (Å²) in [6, 6.07) is 4.95. The molecule has 0 unspecified atom stereocenters. The lowest BCUT2D eigenvalue weighted by atomic mass is 10.2. The number of piperazine rings is 1. The molecule has 104 valence electrons. The second-order valence-corrected chi connectivity index (χ2v) is 6.25. The summed E-state index contributed by atoms with van der Waals surface area (Å²) in [6.45, 7) is 2.25. The fourth-order valence-corrected chi connectivity index (χ4v) is 3.58. The van der Waals surface area contributed by atoms with Gasteiger partial charge in [0.05, 0.1) is 13.7 Å². The SMILES string of the molecule is COc1ccc(C)cc1S(=O)(=O)N1CCNC(=O)C1. The number of rotatable bonds is 3. The Morgan fingerprint density at radius 2 is 2.11 bits per heavy atom. The Morgan fingerprint density at radius 1 is 1.37 bits per heavy atom. The van der Waals surface area contributed by atoms with Gasteiger partial charge in [-0.1, -0.05) is 6.07 Å². The molecule has 0 aromatic heterocycles. The first-order valence-electron chi connectivity index (χ1n) is 5.86. The van der Waals surface area contributed by atoms with E-state index in [9.17, 15) is 13.2 Å². The van der Waals surface area contributed by atoms with E-state index in [4.69, 9.17) is 4.74 Å². The van der Waals surface area contributed by atoms with E-state index in [1.807, 2.05) is 0 Å². The number of aryl methyl sites for hydroxylation is 1. The van der Waals surface area contributed by atoms with Crippen LogP contribution in [0, 0.1) is 6.92 Å². The quantitative estimate of drug-likeness (QED) is 0.855. The summed E-state index contributed by atoms with van der Waals surface area (Å²) in [5, 5.41) is 2.60. The normalized spacial score (nSPS) is 17.1. The summed E-state index contributed by atoms with van der Waals surface area (Å²) in [5.74, 6) is -0.00183. The number of methoxy groups -OCH3 is 1. The largest absolute Gasteiger partial charge is 0.495 e. The van der Waals surface area contributed by atoms with Gasteiger partial charge in [-0.3, -0.25) is 4.79 Å². The molecule has 7 heteroatoms. The highest BCUT2D eigenvalue weighted by Crippen LogP contribution is 2.27. The molecule has 0 atom stereocenters. The molecule has 0 bridgehead atoms. The van der Waals surface area contributed by atoms with Crippen molar-refractivity contribution in [1.82, 2.24) is 9.62 Å². The fourth-order valence-electron chi connectivity index (χ4n) is 1.94. The van der Waals surface area contributed by atoms with Gasteiger partial charge in [-0.2, -0.15) is 4.31 Å². The van der Waals surface area contributed by atoms with Gasteiger partial charge in [0.15, 0.2) is 0 Å². The minimum atomic E-state index is -3.71. The van der Waals surface area contributed by atoms with Crippen molar-refractivity contribution in [2.24, 2.45) is 0 Å². The third kappa shape index (κ3) is 2.71. The molecule has 1 aromatic carbocycles. The molecule has 0 saturated carbocycles. The first kappa shape index (κ1) is 13.8. The van der Waals surface area contributed by atoms with Crippen LogP contribution < -0.4 is 10.1 Å². The molecular weight excluding hydrogens is 268 g/mol. The van der Waals surface area contributed by atoms with Crippen LogP contribution in [0.3, 0.4) is 0 Å². The lowest BCUT2D eigenvalue weighted by Gasteiger charge is -2.26. The standard InChI is InChI=1S/C12H16N2O4S/c1-9-3-4-10(18-2)11(7-9)19(16,17)14-6-5-13-12(15)8-14/h3-4,7H,5-6,8H2,1-2H3,(H,13,15). The zero-order valence-corrected chi connectivity index (χ0v) is 11.7. The zero-order valence-electron chi connectivity index (χ0n) is 10.8. The third-order valence-electron chi connectivity index (χ3n) is 2.94. The summed E-state index contributed by atoms with van der Waals surface area (Å²) < 4.78 is 31.3. The molecule has 0 aliphatic carbocycles. The van der Waals surface area contributed by atoms with Crippen LogP contribution in [-0.2, 0) is 14.8 Å². The number of nitrogens with one attached hydrogen (secondary N) is 1. The predicted octanol–water partition coefficient (Wildman–Crippen LogP) is 0.124. The summed E-state index contributed by atoms with van der Waals surface area (Å²) in [6.07, 6.45) is 0. The summed E-state index contributed by atoms with van der Waals surface area (Å²) in [7, 11) is -2.29. The van der Waals surface area contributed by atoms with E-state index in [-0.39, 0.29) is 29.6 Å². The van der Waals surface area contributed by atoms with E-state index in [2.05, 4.69) is 5.32 Å². The Labute approximate surface area is 112 Å². The van der Waals surface area contributed by atoms with Gasteiger partial charge in [-0.05, 0) is 24.6 Å². The highest BCUT2D eigenvalue weighted by Gasteiger charge is 2.31. The lowest BCUT2D eigenvalue weighted by Crippen LogP contribution is -2.49. The number of carbonyl (C=O) groups excluding carboxylic acids is 1. The molecule has 1 amide bonds. The smallest absolute Gasteiger partial charge is 0.247 e. The van der Waals surface area contributed by atoms with E-state index in [1.165, 1.54) is 11.4 Å². The molecule has 2 rings (SSSR count). The number of hydrogen-bond acceptors (Lipinski definition) is 4. The van der Waals surface area contributed by atoms with Crippen molar-refractivity contribution < 1.29 is 17.9 Å². The molecule has 1 aromatic rings. The Hall–Kier alpha value is -1.60. The minimum Gasteiger partial charge on any atom is -0.495 e. The molecule has 0 spiro atoms. The van der Waals surface area contributed by atoms with Crippen LogP contribution >= 0.6 is 0 Å². The Morgan fingerprint density at radius 3 is 2.74 bits per heavy atom. The predicted molar refractivity (Wildman–Crippen MR) is 69.5 cm³/mol. The van der Waals surface area contributed by atoms with Gasteiger partial charge in [0.1, 0.15) is 10.6 Å². The topological polar surface area (TPSA) is 75.7 Å². The van der Waals surface area contributed by atoms with Crippen molar-refractivity contribution in [1.29, 1.82) is 0 Å². The first-order chi connectivity index (χ1) is 8.95. The van der Waals surface area contributed by atoms with E-state index >= 15 is 0 Å². The number of nitrogens with zero attached hydrogens (tertiary/aromatic N) is 1. The maximum atomic E-state index is 12.5. The Kier molecular flexibility index (Phi) is 3.77. The average Bonchev–Trinajstić information content (AvgIpc) is 2.38. The maximum absolute atomic E-state index is 12.5. The number of hydrogen-bond donors (Lipinski definition) is 1. The molecule has 1 fully saturated rings. The molecule has 1 N–H and O–H groups in total. The van der Waals surface area contributed by atoms with Gasteiger partial charge in [0.2, 0.25) is 15.9 Å². The highest BCUT2D eigenvalue weighted by atomic mass is 32.2. The van der Waals surface area contributed by atoms with E-state index in [0.717, 1.165) is 5.56 Å². The van der Waals surface area contributed by atoms with Crippen molar-refractivity contribution in [2.45, 2.75) is 11.8 Å². The summed E-state index contributed by atoms with van der Waals surface area (Å²) >= 11 is 0. The van der Waals surface area contributed by atoms with Crippen molar-refractivity contribution in [2.75, 3.05) is 26.7 Å². The van der Waals surface area contributed by atoms with Gasteiger partial charge in [0.25, 0.3) is 0 Å². The van der Waals surface area contributed by atoms with E-state index < -0.39 is 10.0 Å². The number of amides is 1. The molecular formula is C12H16N2O4S. The number of benzene rings is 1. The number of ether oxygens (including phenoxy) is 1. The zero-order chi connectivity index (χ0) is 14.0. The number of carbonyl (C=O) groups is 1. The summed E-state index contributed by atoms with van der Waals surface area (Å²) in [5.41, 5.74) is 0.820. The second-order valence-electron chi connectivity index (χ2n) is 4.34. The van der Waals surface area contributed by atoms with Gasteiger partial charge in [-0.15, -0.1) is 0 Å². The molecule has 1 aliphatic rings. The van der Waals surface area contributed by atoms with Gasteiger partial charge in [0, 0.05) is 13.1 Å². The number of sulfonamides is 1. The third-order valence-corrected chi connectivity index (χ3v) is 4.81. The van der Waals surface area contributed by atoms with Crippen LogP contribution in [0.5, 0.6) is 5.75 Å². The molecule has 1 aliphatic heterocycles. The molecule has 19 heavy (non-hydrogen) atoms. The molecule has 0 radical (unpaired) electrons. The molecule has 1 heterocycles. The minimum absolute atomic E-state index is 0.102. The van der Waals surface area contributed by atoms with E-state index in [1.54, 1.807) is 25.1 Å². The van der Waals surface area contributed by atoms with Crippen molar-refractivity contribution in [3.8, 4) is 5.75 Å². The monoisotopic (exact) mass is 284 g/mol. The van der Waals surface area contributed by atoms with Crippen molar-refractivity contribution in [3.05, 3.63) is 23.8 Å². The van der Waals surface area contributed by atoms with Crippen LogP contribution in [0.2, 0.25) is 0 Å². The maximum Gasteiger partial charge on any atom is 0.247 e. The van der Waals surface area contributed by atoms with Gasteiger partial charge < -0.3 is 10.1 Å². The lowest BCUT2D eigenvalue weighted by molar-refractivity contribution is -0.122. The van der Waals surface area contributed by atoms with Crippen molar-refractivity contribution in [3.63, 3.8) is 0 Å². The Bertz CT molecular complexity index is 598. The van der Waals surface area contributed by atoms with Crippen LogP contribution in [0.15, 0.2) is 23.1 Å². The highest BCUT2D eigenvalue weighted by molar-refractivity contribution is 7.89. The Balaban J connectivity index is 2.44. The summed E-state index contributed by atoms with van der Waals surface area (Å²) in [4.78, 5) is 11.4. The fraction of sp³-hybridized carbons (Fsp3) is 0.417.